The highest BCUT2D eigenvalue weighted by Crippen LogP contribution is 2.05. The van der Waals surface area contributed by atoms with Crippen LogP contribution in [0.3, 0.4) is 0 Å². The van der Waals surface area contributed by atoms with E-state index in [4.69, 9.17) is 0 Å². The van der Waals surface area contributed by atoms with E-state index >= 15 is 0 Å². The van der Waals surface area contributed by atoms with E-state index in [1.54, 1.807) is 0 Å². The Bertz CT molecular complexity index is 321. The van der Waals surface area contributed by atoms with Crippen molar-refractivity contribution >= 4 is 5.91 Å². The second-order valence-electron chi connectivity index (χ2n) is 4.40. The highest BCUT2D eigenvalue weighted by atomic mass is 16.2. The fraction of sp³-hybridized carbons (Fsp3) is 0.533. The topological polar surface area (TPSA) is 20.3 Å². The van der Waals surface area contributed by atoms with Gasteiger partial charge in [-0.3, -0.25) is 4.79 Å². The number of nitrogens with zero attached hydrogens (tertiary/aromatic N) is 1. The van der Waals surface area contributed by atoms with E-state index in [-0.39, 0.29) is 5.91 Å². The predicted molar refractivity (Wildman–Crippen MR) is 71.9 cm³/mol. The van der Waals surface area contributed by atoms with Gasteiger partial charge in [0.2, 0.25) is 5.91 Å². The van der Waals surface area contributed by atoms with E-state index in [2.05, 4.69) is 13.8 Å². The zero-order valence-electron chi connectivity index (χ0n) is 11.0. The molecule has 0 saturated carbocycles. The smallest absolute Gasteiger partial charge is 0.226 e. The van der Waals surface area contributed by atoms with E-state index in [1.807, 2.05) is 35.2 Å². The van der Waals surface area contributed by atoms with Gasteiger partial charge in [-0.15, -0.1) is 0 Å². The summed E-state index contributed by atoms with van der Waals surface area (Å²) in [5.41, 5.74) is 1.11. The zero-order valence-corrected chi connectivity index (χ0v) is 11.0. The Balaban J connectivity index is 2.52. The average molecular weight is 233 g/mol. The van der Waals surface area contributed by atoms with E-state index in [0.29, 0.717) is 6.42 Å². The predicted octanol–water partition coefficient (Wildman–Crippen LogP) is 3.27. The lowest BCUT2D eigenvalue weighted by atomic mass is 10.1. The normalized spacial score (nSPS) is 10.2. The number of carbonyl (C=O) groups excluding carboxylic acids is 1. The number of unbranched alkanes of at least 4 members (excludes halogenated alkanes) is 1. The second kappa shape index (κ2) is 7.88. The monoisotopic (exact) mass is 233 g/mol. The van der Waals surface area contributed by atoms with Crippen LogP contribution < -0.4 is 0 Å². The Kier molecular flexibility index (Phi) is 6.38. The summed E-state index contributed by atoms with van der Waals surface area (Å²) < 4.78 is 0. The highest BCUT2D eigenvalue weighted by molar-refractivity contribution is 5.78. The lowest BCUT2D eigenvalue weighted by Crippen LogP contribution is -2.33. The number of hydrogen-bond donors (Lipinski definition) is 0. The molecule has 0 bridgehead atoms. The van der Waals surface area contributed by atoms with Crippen LogP contribution in [0.1, 0.15) is 38.7 Å². The number of amides is 1. The summed E-state index contributed by atoms with van der Waals surface area (Å²) in [4.78, 5) is 14.1. The van der Waals surface area contributed by atoms with Gasteiger partial charge in [0, 0.05) is 13.1 Å². The van der Waals surface area contributed by atoms with Crippen molar-refractivity contribution in [3.63, 3.8) is 0 Å². The van der Waals surface area contributed by atoms with Crippen molar-refractivity contribution in [2.75, 3.05) is 13.1 Å². The molecule has 0 heterocycles. The van der Waals surface area contributed by atoms with Crippen LogP contribution in [-0.2, 0) is 11.2 Å². The molecule has 0 fully saturated rings. The largest absolute Gasteiger partial charge is 0.342 e. The summed E-state index contributed by atoms with van der Waals surface area (Å²) in [5.74, 6) is 0.256. The summed E-state index contributed by atoms with van der Waals surface area (Å²) >= 11 is 0. The molecule has 1 amide bonds. The van der Waals surface area contributed by atoms with E-state index in [1.165, 1.54) is 0 Å². The van der Waals surface area contributed by atoms with E-state index in [0.717, 1.165) is 37.9 Å². The van der Waals surface area contributed by atoms with Crippen LogP contribution in [0.5, 0.6) is 0 Å². The van der Waals surface area contributed by atoms with Crippen LogP contribution in [0, 0.1) is 0 Å². The first-order valence-corrected chi connectivity index (χ1v) is 6.59. The Morgan fingerprint density at radius 3 is 2.35 bits per heavy atom. The first-order chi connectivity index (χ1) is 8.27. The minimum Gasteiger partial charge on any atom is -0.342 e. The van der Waals surface area contributed by atoms with Gasteiger partial charge >= 0.3 is 0 Å². The Morgan fingerprint density at radius 1 is 1.06 bits per heavy atom. The Hall–Kier alpha value is -1.31. The van der Waals surface area contributed by atoms with E-state index in [9.17, 15) is 4.79 Å². The van der Waals surface area contributed by atoms with Crippen molar-refractivity contribution in [2.45, 2.75) is 39.5 Å². The van der Waals surface area contributed by atoms with Gasteiger partial charge in [-0.2, -0.15) is 0 Å². The molecule has 0 N–H and O–H groups in total. The molecule has 0 aromatic heterocycles. The molecule has 1 rings (SSSR count). The van der Waals surface area contributed by atoms with Crippen molar-refractivity contribution < 1.29 is 4.79 Å². The molecule has 0 aliphatic heterocycles. The Morgan fingerprint density at radius 2 is 1.76 bits per heavy atom. The maximum Gasteiger partial charge on any atom is 0.226 e. The molecule has 0 spiro atoms. The van der Waals surface area contributed by atoms with E-state index < -0.39 is 0 Å². The molecule has 0 unspecified atom stereocenters. The van der Waals surface area contributed by atoms with Gasteiger partial charge in [0.15, 0.2) is 0 Å². The Labute approximate surface area is 105 Å². The average Bonchev–Trinajstić information content (AvgIpc) is 2.35. The molecule has 0 aliphatic carbocycles. The summed E-state index contributed by atoms with van der Waals surface area (Å²) in [7, 11) is 0. The molecule has 0 saturated heterocycles. The van der Waals surface area contributed by atoms with Crippen LogP contribution in [0.15, 0.2) is 30.3 Å². The van der Waals surface area contributed by atoms with Gasteiger partial charge < -0.3 is 4.90 Å². The quantitative estimate of drug-likeness (QED) is 0.708. The third-order valence-electron chi connectivity index (χ3n) is 2.83. The van der Waals surface area contributed by atoms with Crippen molar-refractivity contribution in [1.82, 2.24) is 4.90 Å². The zero-order chi connectivity index (χ0) is 12.5. The minimum atomic E-state index is 0.256. The van der Waals surface area contributed by atoms with Gasteiger partial charge in [0.1, 0.15) is 0 Å². The van der Waals surface area contributed by atoms with Crippen LogP contribution in [0.4, 0.5) is 0 Å². The molecule has 2 heteroatoms. The van der Waals surface area contributed by atoms with Gasteiger partial charge in [-0.1, -0.05) is 50.6 Å². The van der Waals surface area contributed by atoms with Crippen molar-refractivity contribution in [1.29, 1.82) is 0 Å². The summed E-state index contributed by atoms with van der Waals surface area (Å²) in [6.07, 6.45) is 3.80. The van der Waals surface area contributed by atoms with Crippen LogP contribution in [0.2, 0.25) is 0 Å². The number of rotatable bonds is 7. The SMILES string of the molecule is CCCCN(CCC)C(=O)Cc1ccccc1. The number of carbonyl (C=O) groups is 1. The van der Waals surface area contributed by atoms with Crippen molar-refractivity contribution in [3.05, 3.63) is 35.9 Å². The molecule has 2 nitrogen and oxygen atoms in total. The molecule has 0 aliphatic rings. The van der Waals surface area contributed by atoms with Gasteiger partial charge in [0.05, 0.1) is 6.42 Å². The first kappa shape index (κ1) is 13.8. The molecular formula is C15H23NO. The van der Waals surface area contributed by atoms with Crippen LogP contribution >= 0.6 is 0 Å². The molecule has 94 valence electrons. The first-order valence-electron chi connectivity index (χ1n) is 6.59. The maximum atomic E-state index is 12.1. The van der Waals surface area contributed by atoms with Gasteiger partial charge in [0.25, 0.3) is 0 Å². The maximum absolute atomic E-state index is 12.1. The summed E-state index contributed by atoms with van der Waals surface area (Å²) in [6.45, 7) is 6.06. The molecule has 1 aromatic rings. The number of hydrogen-bond acceptors (Lipinski definition) is 1. The summed E-state index contributed by atoms with van der Waals surface area (Å²) in [5, 5.41) is 0. The van der Waals surface area contributed by atoms with Gasteiger partial charge in [-0.05, 0) is 18.4 Å². The molecule has 0 atom stereocenters. The highest BCUT2D eigenvalue weighted by Gasteiger charge is 2.12. The van der Waals surface area contributed by atoms with Gasteiger partial charge in [-0.25, -0.2) is 0 Å². The standard InChI is InChI=1S/C15H23NO/c1-3-5-12-16(11-4-2)15(17)13-14-9-7-6-8-10-14/h6-10H,3-5,11-13H2,1-2H3. The molecule has 17 heavy (non-hydrogen) atoms. The molecular weight excluding hydrogens is 210 g/mol. The lowest BCUT2D eigenvalue weighted by molar-refractivity contribution is -0.130. The third-order valence-corrected chi connectivity index (χ3v) is 2.83. The minimum absolute atomic E-state index is 0.256. The molecule has 1 aromatic carbocycles. The van der Waals surface area contributed by atoms with Crippen molar-refractivity contribution in [3.8, 4) is 0 Å². The molecule has 0 radical (unpaired) electrons. The summed E-state index contributed by atoms with van der Waals surface area (Å²) in [6, 6.07) is 9.98. The third kappa shape index (κ3) is 5.03. The lowest BCUT2D eigenvalue weighted by Gasteiger charge is -2.22. The number of benzene rings is 1. The van der Waals surface area contributed by atoms with Crippen LogP contribution in [0.25, 0.3) is 0 Å². The second-order valence-corrected chi connectivity index (χ2v) is 4.40. The fourth-order valence-electron chi connectivity index (χ4n) is 1.86. The van der Waals surface area contributed by atoms with Crippen LogP contribution in [-0.4, -0.2) is 23.9 Å². The van der Waals surface area contributed by atoms with Crippen molar-refractivity contribution in [2.24, 2.45) is 0 Å². The fourth-order valence-corrected chi connectivity index (χ4v) is 1.86.